The van der Waals surface area contributed by atoms with Gasteiger partial charge in [-0.25, -0.2) is 4.98 Å². The monoisotopic (exact) mass is 463 g/mol. The zero-order chi connectivity index (χ0) is 22.6. The largest absolute Gasteiger partial charge is 0.416 e. The Hall–Kier alpha value is -2.36. The summed E-state index contributed by atoms with van der Waals surface area (Å²) in [6.07, 6.45) is -3.56. The van der Waals surface area contributed by atoms with Gasteiger partial charge in [0.05, 0.1) is 29.7 Å². The van der Waals surface area contributed by atoms with Gasteiger partial charge in [0.2, 0.25) is 0 Å². The van der Waals surface area contributed by atoms with Crippen molar-refractivity contribution < 1.29 is 17.9 Å². The smallest absolute Gasteiger partial charge is 0.379 e. The molecule has 0 spiro atoms. The van der Waals surface area contributed by atoms with Crippen LogP contribution in [0.1, 0.15) is 17.5 Å². The molecule has 3 aromatic rings. The van der Waals surface area contributed by atoms with Crippen LogP contribution in [0, 0.1) is 0 Å². The van der Waals surface area contributed by atoms with Crippen LogP contribution in [0.2, 0.25) is 0 Å². The molecule has 170 valence electrons. The highest BCUT2D eigenvalue weighted by Crippen LogP contribution is 2.30. The van der Waals surface area contributed by atoms with Gasteiger partial charge in [0.25, 0.3) is 5.56 Å². The molecule has 0 unspecified atom stereocenters. The van der Waals surface area contributed by atoms with Crippen LogP contribution >= 0.6 is 11.8 Å². The van der Waals surface area contributed by atoms with E-state index in [4.69, 9.17) is 4.74 Å². The normalized spacial score (nSPS) is 15.3. The first-order valence-corrected chi connectivity index (χ1v) is 11.5. The third-order valence-corrected chi connectivity index (χ3v) is 6.48. The Kier molecular flexibility index (Phi) is 7.17. The molecule has 0 saturated carbocycles. The van der Waals surface area contributed by atoms with Crippen LogP contribution < -0.4 is 5.56 Å². The van der Waals surface area contributed by atoms with Crippen molar-refractivity contribution in [2.45, 2.75) is 30.1 Å². The van der Waals surface area contributed by atoms with E-state index in [1.54, 1.807) is 16.7 Å². The maximum absolute atomic E-state index is 13.1. The molecule has 0 aliphatic carbocycles. The number of para-hydroxylation sites is 1. The lowest BCUT2D eigenvalue weighted by Crippen LogP contribution is -2.37. The number of nitrogens with zero attached hydrogens (tertiary/aromatic N) is 3. The maximum Gasteiger partial charge on any atom is 0.416 e. The van der Waals surface area contributed by atoms with Crippen LogP contribution in [-0.4, -0.2) is 47.3 Å². The number of morpholine rings is 1. The fourth-order valence-corrected chi connectivity index (χ4v) is 4.65. The number of thioether (sulfide) groups is 1. The second-order valence-electron chi connectivity index (χ2n) is 7.66. The fraction of sp³-hybridized carbons (Fsp3) is 0.391. The molecule has 1 aliphatic heterocycles. The minimum atomic E-state index is -4.35. The van der Waals surface area contributed by atoms with Gasteiger partial charge in [0, 0.05) is 31.9 Å². The van der Waals surface area contributed by atoms with Crippen LogP contribution in [0.25, 0.3) is 10.9 Å². The standard InChI is InChI=1S/C23H24F3N3O2S/c24-23(25,26)18-8-6-17(7-9-18)16-32-22-27-20-5-2-1-4-19(20)21(30)29(22)11-3-10-28-12-14-31-15-13-28/h1-2,4-9H,3,10-16H2. The molecule has 0 bridgehead atoms. The van der Waals surface area contributed by atoms with E-state index in [-0.39, 0.29) is 5.56 Å². The summed E-state index contributed by atoms with van der Waals surface area (Å²) in [5, 5.41) is 1.15. The molecule has 0 amide bonds. The molecule has 0 N–H and O–H groups in total. The Balaban J connectivity index is 1.52. The van der Waals surface area contributed by atoms with Crippen molar-refractivity contribution in [1.29, 1.82) is 0 Å². The van der Waals surface area contributed by atoms with Gasteiger partial charge in [-0.2, -0.15) is 13.2 Å². The van der Waals surface area contributed by atoms with Crippen molar-refractivity contribution in [3.63, 3.8) is 0 Å². The van der Waals surface area contributed by atoms with Crippen LogP contribution in [-0.2, 0) is 23.2 Å². The van der Waals surface area contributed by atoms with E-state index in [1.165, 1.54) is 23.9 Å². The van der Waals surface area contributed by atoms with Crippen molar-refractivity contribution in [2.75, 3.05) is 32.8 Å². The van der Waals surface area contributed by atoms with Crippen LogP contribution in [0.3, 0.4) is 0 Å². The average Bonchev–Trinajstić information content (AvgIpc) is 2.80. The van der Waals surface area contributed by atoms with Gasteiger partial charge in [-0.1, -0.05) is 36.0 Å². The number of aromatic nitrogens is 2. The number of rotatable bonds is 7. The molecule has 1 aromatic heterocycles. The van der Waals surface area contributed by atoms with Gasteiger partial charge < -0.3 is 4.74 Å². The van der Waals surface area contributed by atoms with E-state index in [0.29, 0.717) is 28.4 Å². The highest BCUT2D eigenvalue weighted by atomic mass is 32.2. The summed E-state index contributed by atoms with van der Waals surface area (Å²) in [5.41, 5.74) is 0.602. The van der Waals surface area contributed by atoms with E-state index in [9.17, 15) is 18.0 Å². The molecular weight excluding hydrogens is 439 g/mol. The first-order chi connectivity index (χ1) is 15.4. The molecule has 2 heterocycles. The molecule has 0 atom stereocenters. The fourth-order valence-electron chi connectivity index (χ4n) is 3.67. The summed E-state index contributed by atoms with van der Waals surface area (Å²) in [6, 6.07) is 12.3. The summed E-state index contributed by atoms with van der Waals surface area (Å²) in [7, 11) is 0. The van der Waals surface area contributed by atoms with Gasteiger partial charge in [-0.15, -0.1) is 0 Å². The van der Waals surface area contributed by atoms with Crippen molar-refractivity contribution in [1.82, 2.24) is 14.5 Å². The molecule has 1 saturated heterocycles. The van der Waals surface area contributed by atoms with E-state index in [1.807, 2.05) is 12.1 Å². The van der Waals surface area contributed by atoms with E-state index >= 15 is 0 Å². The number of hydrogen-bond donors (Lipinski definition) is 0. The molecular formula is C23H24F3N3O2S. The molecule has 1 aliphatic rings. The Morgan fingerprint density at radius 1 is 1.00 bits per heavy atom. The predicted octanol–water partition coefficient (Wildman–Crippen LogP) is 4.43. The Morgan fingerprint density at radius 2 is 1.72 bits per heavy atom. The summed E-state index contributed by atoms with van der Waals surface area (Å²) >= 11 is 1.37. The third-order valence-electron chi connectivity index (χ3n) is 5.44. The van der Waals surface area contributed by atoms with Crippen molar-refractivity contribution >= 4 is 22.7 Å². The second-order valence-corrected chi connectivity index (χ2v) is 8.60. The Labute approximate surface area is 188 Å². The van der Waals surface area contributed by atoms with Gasteiger partial charge in [-0.05, 0) is 36.2 Å². The van der Waals surface area contributed by atoms with Crippen LogP contribution in [0.5, 0.6) is 0 Å². The molecule has 1 fully saturated rings. The molecule has 4 rings (SSSR count). The number of benzene rings is 2. The third kappa shape index (κ3) is 5.51. The lowest BCUT2D eigenvalue weighted by molar-refractivity contribution is -0.137. The van der Waals surface area contributed by atoms with Crippen molar-refractivity contribution in [3.8, 4) is 0 Å². The van der Waals surface area contributed by atoms with E-state index in [2.05, 4.69) is 9.88 Å². The molecule has 32 heavy (non-hydrogen) atoms. The predicted molar refractivity (Wildman–Crippen MR) is 119 cm³/mol. The average molecular weight is 464 g/mol. The number of hydrogen-bond acceptors (Lipinski definition) is 5. The number of halogens is 3. The Morgan fingerprint density at radius 3 is 2.44 bits per heavy atom. The van der Waals surface area contributed by atoms with E-state index < -0.39 is 11.7 Å². The van der Waals surface area contributed by atoms with Crippen LogP contribution in [0.15, 0.2) is 58.5 Å². The zero-order valence-electron chi connectivity index (χ0n) is 17.5. The maximum atomic E-state index is 13.1. The first-order valence-electron chi connectivity index (χ1n) is 10.5. The molecule has 9 heteroatoms. The summed E-state index contributed by atoms with van der Waals surface area (Å²) in [4.78, 5) is 20.2. The SMILES string of the molecule is O=c1c2ccccc2nc(SCc2ccc(C(F)(F)F)cc2)n1CCCN1CCOCC1. The summed E-state index contributed by atoms with van der Waals surface area (Å²) < 4.78 is 45.5. The second kappa shape index (κ2) is 10.1. The van der Waals surface area contributed by atoms with Gasteiger partial charge >= 0.3 is 6.18 Å². The topological polar surface area (TPSA) is 47.4 Å². The number of ether oxygens (including phenoxy) is 1. The van der Waals surface area contributed by atoms with Crippen molar-refractivity contribution in [2.24, 2.45) is 0 Å². The van der Waals surface area contributed by atoms with E-state index in [0.717, 1.165) is 57.0 Å². The lowest BCUT2D eigenvalue weighted by atomic mass is 10.1. The van der Waals surface area contributed by atoms with Gasteiger partial charge in [-0.3, -0.25) is 14.3 Å². The minimum Gasteiger partial charge on any atom is -0.379 e. The van der Waals surface area contributed by atoms with Gasteiger partial charge in [0.1, 0.15) is 0 Å². The highest BCUT2D eigenvalue weighted by Gasteiger charge is 2.29. The highest BCUT2D eigenvalue weighted by molar-refractivity contribution is 7.98. The first kappa shape index (κ1) is 22.8. The quantitative estimate of drug-likeness (QED) is 0.383. The number of alkyl halides is 3. The van der Waals surface area contributed by atoms with Crippen molar-refractivity contribution in [3.05, 3.63) is 70.0 Å². The number of fused-ring (bicyclic) bond motifs is 1. The molecule has 0 radical (unpaired) electrons. The Bertz CT molecular complexity index is 1110. The zero-order valence-corrected chi connectivity index (χ0v) is 18.3. The lowest BCUT2D eigenvalue weighted by Gasteiger charge is -2.26. The van der Waals surface area contributed by atoms with Gasteiger partial charge in [0.15, 0.2) is 5.16 Å². The van der Waals surface area contributed by atoms with Crippen LogP contribution in [0.4, 0.5) is 13.2 Å². The molecule has 5 nitrogen and oxygen atoms in total. The molecule has 2 aromatic carbocycles. The summed E-state index contributed by atoms with van der Waals surface area (Å²) in [5.74, 6) is 0.423. The minimum absolute atomic E-state index is 0.0903. The summed E-state index contributed by atoms with van der Waals surface area (Å²) in [6.45, 7) is 4.63.